The minimum absolute atomic E-state index is 0.0405. The van der Waals surface area contributed by atoms with Gasteiger partial charge in [-0.15, -0.1) is 0 Å². The molecule has 6 heterocycles. The highest BCUT2D eigenvalue weighted by molar-refractivity contribution is 5.89. The second-order valence-electron chi connectivity index (χ2n) is 19.1. The van der Waals surface area contributed by atoms with E-state index in [1.807, 2.05) is 50.2 Å². The van der Waals surface area contributed by atoms with Crippen LogP contribution in [0.3, 0.4) is 0 Å². The maximum atomic E-state index is 14.1. The molecule has 1 spiro atoms. The fraction of sp³-hybridized carbons (Fsp3) is 0.600. The molecule has 60 heavy (non-hydrogen) atoms. The number of ether oxygens (including phenoxy) is 1. The Hall–Kier alpha value is -4.86. The van der Waals surface area contributed by atoms with Crippen molar-refractivity contribution < 1.29 is 24.5 Å². The Morgan fingerprint density at radius 2 is 1.77 bits per heavy atom. The molecule has 15 nitrogen and oxygen atoms in total. The molecule has 0 radical (unpaired) electrons. The van der Waals surface area contributed by atoms with Crippen molar-refractivity contribution >= 4 is 35.5 Å². The van der Waals surface area contributed by atoms with E-state index in [0.717, 1.165) is 81.6 Å². The second kappa shape index (κ2) is 16.5. The third kappa shape index (κ3) is 8.03. The first-order valence-corrected chi connectivity index (χ1v) is 21.8. The Morgan fingerprint density at radius 3 is 2.40 bits per heavy atom. The monoisotopic (exact) mass is 825 g/mol. The minimum Gasteiger partial charge on any atom is -0.507 e. The molecule has 3 amide bonds. The highest BCUT2D eigenvalue weighted by atomic mass is 16.5. The lowest BCUT2D eigenvalue weighted by atomic mass is 9.60. The van der Waals surface area contributed by atoms with E-state index in [1.54, 1.807) is 35.1 Å². The number of methoxy groups -OCH3 is 1. The average Bonchev–Trinajstić information content (AvgIpc) is 3.77. The van der Waals surface area contributed by atoms with Crippen LogP contribution in [0.5, 0.6) is 5.75 Å². The summed E-state index contributed by atoms with van der Waals surface area (Å²) < 4.78 is 5.39. The number of β-amino-alcohol motifs (C(OH)–C–C–N with tert-alkyl or cyclic N) is 1. The van der Waals surface area contributed by atoms with Crippen LogP contribution in [0.1, 0.15) is 99.7 Å². The van der Waals surface area contributed by atoms with E-state index in [0.29, 0.717) is 67.6 Å². The lowest BCUT2D eigenvalue weighted by molar-refractivity contribution is -0.141. The number of likely N-dealkylation sites (tertiary alicyclic amines) is 3. The van der Waals surface area contributed by atoms with Crippen LogP contribution >= 0.6 is 0 Å². The molecule has 324 valence electrons. The molecule has 3 saturated heterocycles. The van der Waals surface area contributed by atoms with Crippen molar-refractivity contribution in [2.75, 3.05) is 76.7 Å². The number of phenolic OH excluding ortho intramolecular Hbond substituents is 1. The van der Waals surface area contributed by atoms with Crippen LogP contribution in [-0.2, 0) is 16.0 Å². The average molecular weight is 825 g/mol. The zero-order valence-electron chi connectivity index (χ0n) is 35.9. The number of aromatic nitrogens is 3. The van der Waals surface area contributed by atoms with Crippen molar-refractivity contribution in [3.05, 3.63) is 64.6 Å². The highest BCUT2D eigenvalue weighted by Gasteiger charge is 2.56. The molecule has 8 rings (SSSR count). The SMILES string of the molecule is COCCN(C(=O)N1CC2(CC(N3CCC(c4cnc(N5CCc6[nH]c(N)c(/C=C(\N)c7ccccc7O)c6C5C)nc4)CC3)C2)C1)C(C(=O)N1CCC(O)C1)C(C)(C)C. The van der Waals surface area contributed by atoms with E-state index >= 15 is 0 Å². The van der Waals surface area contributed by atoms with E-state index in [2.05, 4.69) is 21.7 Å². The number of nitrogens with one attached hydrogen (secondary N) is 1. The molecule has 1 saturated carbocycles. The number of aromatic amines is 1. The number of urea groups is 1. The van der Waals surface area contributed by atoms with Crippen LogP contribution in [0, 0.1) is 10.8 Å². The first-order valence-electron chi connectivity index (χ1n) is 21.8. The fourth-order valence-electron chi connectivity index (χ4n) is 10.7. The van der Waals surface area contributed by atoms with Gasteiger partial charge in [0.2, 0.25) is 11.9 Å². The van der Waals surface area contributed by atoms with Crippen molar-refractivity contribution in [2.45, 2.75) is 96.4 Å². The number of nitrogens with zero attached hydrogens (tertiary/aromatic N) is 7. The van der Waals surface area contributed by atoms with Gasteiger partial charge in [-0.1, -0.05) is 32.9 Å². The molecule has 3 aromatic rings. The Labute approximate surface area is 353 Å². The number of H-pyrrole nitrogens is 1. The van der Waals surface area contributed by atoms with Crippen molar-refractivity contribution in [3.63, 3.8) is 0 Å². The van der Waals surface area contributed by atoms with Crippen LogP contribution in [0.15, 0.2) is 36.7 Å². The predicted octanol–water partition coefficient (Wildman–Crippen LogP) is 4.39. The molecular weight excluding hydrogens is 761 g/mol. The summed E-state index contributed by atoms with van der Waals surface area (Å²) in [7, 11) is 1.62. The summed E-state index contributed by atoms with van der Waals surface area (Å²) in [5.41, 5.74) is 17.8. The summed E-state index contributed by atoms with van der Waals surface area (Å²) in [4.78, 5) is 51.3. The van der Waals surface area contributed by atoms with Gasteiger partial charge in [0.25, 0.3) is 0 Å². The molecule has 0 bridgehead atoms. The minimum atomic E-state index is -0.640. The summed E-state index contributed by atoms with van der Waals surface area (Å²) in [6.07, 6.45) is 11.0. The van der Waals surface area contributed by atoms with Gasteiger partial charge in [0.15, 0.2) is 0 Å². The van der Waals surface area contributed by atoms with Crippen LogP contribution in [0.4, 0.5) is 16.6 Å². The zero-order chi connectivity index (χ0) is 42.5. The van der Waals surface area contributed by atoms with E-state index < -0.39 is 17.6 Å². The van der Waals surface area contributed by atoms with Crippen LogP contribution in [0.2, 0.25) is 0 Å². The summed E-state index contributed by atoms with van der Waals surface area (Å²) in [5.74, 6) is 1.68. The predicted molar refractivity (Wildman–Crippen MR) is 232 cm³/mol. The molecule has 4 aliphatic heterocycles. The molecule has 15 heteroatoms. The standard InChI is InChI=1S/C45H64N10O5/c1-28-38-34(20-35(46)33-8-6-7-9-37(33)57)40(47)50-36(38)13-17-54(28)42-48-23-30(24-49-42)29-10-14-51(15-11-29)31-21-45(22-31)26-53(27-45)43(59)55(18-19-60-5)39(44(2,3)4)41(58)52-16-12-32(56)25-52/h6-9,20,23-24,28-29,31-32,39,50,56-57H,10-19,21-22,25-27,46-47H2,1-5H3/b35-20-. The molecule has 1 aromatic carbocycles. The summed E-state index contributed by atoms with van der Waals surface area (Å²) >= 11 is 0. The molecule has 7 N–H and O–H groups in total. The van der Waals surface area contributed by atoms with Gasteiger partial charge in [0.05, 0.1) is 18.8 Å². The number of fused-ring (bicyclic) bond motifs is 1. The molecule has 1 aliphatic carbocycles. The smallest absolute Gasteiger partial charge is 0.320 e. The third-order valence-electron chi connectivity index (χ3n) is 13.9. The Morgan fingerprint density at radius 1 is 1.07 bits per heavy atom. The normalized spacial score (nSPS) is 23.0. The van der Waals surface area contributed by atoms with E-state index in [4.69, 9.17) is 26.2 Å². The van der Waals surface area contributed by atoms with Gasteiger partial charge in [-0.2, -0.15) is 0 Å². The van der Waals surface area contributed by atoms with Crippen LogP contribution in [0.25, 0.3) is 11.8 Å². The van der Waals surface area contributed by atoms with Crippen molar-refractivity contribution in [1.29, 1.82) is 0 Å². The molecule has 5 aliphatic rings. The third-order valence-corrected chi connectivity index (χ3v) is 13.9. The van der Waals surface area contributed by atoms with Gasteiger partial charge in [0, 0.05) is 105 Å². The zero-order valence-corrected chi connectivity index (χ0v) is 35.9. The highest BCUT2D eigenvalue weighted by Crippen LogP contribution is 2.51. The van der Waals surface area contributed by atoms with Crippen molar-refractivity contribution in [1.82, 2.24) is 34.6 Å². The Kier molecular flexibility index (Phi) is 11.5. The van der Waals surface area contributed by atoms with Gasteiger partial charge in [-0.25, -0.2) is 14.8 Å². The van der Waals surface area contributed by atoms with E-state index in [9.17, 15) is 19.8 Å². The second-order valence-corrected chi connectivity index (χ2v) is 19.1. The number of hydrogen-bond donors (Lipinski definition) is 5. The number of aliphatic hydroxyl groups is 1. The molecule has 3 atom stereocenters. The number of carbonyl (C=O) groups excluding carboxylic acids is 2. The number of benzene rings is 1. The van der Waals surface area contributed by atoms with Crippen molar-refractivity contribution in [3.8, 4) is 5.75 Å². The van der Waals surface area contributed by atoms with Gasteiger partial charge in [0.1, 0.15) is 17.6 Å². The first-order chi connectivity index (χ1) is 28.7. The topological polar surface area (TPSA) is 194 Å². The van der Waals surface area contributed by atoms with Gasteiger partial charge >= 0.3 is 6.03 Å². The lowest BCUT2D eigenvalue weighted by Gasteiger charge is -2.62. The number of hydrogen-bond acceptors (Lipinski definition) is 11. The molecule has 4 fully saturated rings. The summed E-state index contributed by atoms with van der Waals surface area (Å²) in [6.45, 7) is 13.9. The Bertz CT molecular complexity index is 2060. The van der Waals surface area contributed by atoms with E-state index in [-0.39, 0.29) is 29.1 Å². The maximum absolute atomic E-state index is 14.1. The number of aromatic hydroxyl groups is 1. The van der Waals surface area contributed by atoms with Gasteiger partial charge in [-0.3, -0.25) is 4.79 Å². The fourth-order valence-corrected chi connectivity index (χ4v) is 10.7. The molecule has 3 unspecified atom stereocenters. The lowest BCUT2D eigenvalue weighted by Crippen LogP contribution is -2.70. The van der Waals surface area contributed by atoms with Crippen molar-refractivity contribution in [2.24, 2.45) is 16.6 Å². The number of carbonyl (C=O) groups is 2. The van der Waals surface area contributed by atoms with Gasteiger partial charge in [-0.05, 0) is 87.2 Å². The van der Waals surface area contributed by atoms with Crippen LogP contribution < -0.4 is 16.4 Å². The van der Waals surface area contributed by atoms with Gasteiger partial charge < -0.3 is 55.9 Å². The first kappa shape index (κ1) is 41.9. The van der Waals surface area contributed by atoms with E-state index in [1.165, 1.54) is 5.56 Å². The number of anilines is 2. The van der Waals surface area contributed by atoms with Crippen LogP contribution in [-0.4, -0.2) is 141 Å². The maximum Gasteiger partial charge on any atom is 0.320 e. The summed E-state index contributed by atoms with van der Waals surface area (Å²) in [6, 6.07) is 6.78. The molecule has 2 aromatic heterocycles. The number of rotatable bonds is 10. The number of phenols is 1. The Balaban J connectivity index is 0.839. The largest absolute Gasteiger partial charge is 0.507 e. The number of aliphatic hydroxyl groups excluding tert-OH is 1. The number of piperidine rings is 1. The number of nitrogens with two attached hydrogens (primary N) is 2. The molecular formula is C45H64N10O5. The quantitative estimate of drug-likeness (QED) is 0.195. The number of amides is 3. The summed E-state index contributed by atoms with van der Waals surface area (Å²) in [5, 5.41) is 20.5. The number of nitrogen functional groups attached to an aromatic ring is 1. The number of para-hydroxylation sites is 1.